The lowest BCUT2D eigenvalue weighted by atomic mass is 9.87. The normalized spacial score (nSPS) is 12.7. The van der Waals surface area contributed by atoms with Gasteiger partial charge in [0.05, 0.1) is 12.7 Å². The van der Waals surface area contributed by atoms with Crippen LogP contribution in [0.5, 0.6) is 5.75 Å². The lowest BCUT2D eigenvalue weighted by Crippen LogP contribution is -2.26. The van der Waals surface area contributed by atoms with Crippen LogP contribution >= 0.6 is 0 Å². The van der Waals surface area contributed by atoms with Crippen LogP contribution in [0, 0.1) is 5.92 Å². The van der Waals surface area contributed by atoms with E-state index in [-0.39, 0.29) is 17.3 Å². The first kappa shape index (κ1) is 22.2. The molecule has 1 aromatic carbocycles. The Bertz CT molecular complexity index is 567. The minimum Gasteiger partial charge on any atom is -0.494 e. The zero-order valence-electron chi connectivity index (χ0n) is 17.1. The molecule has 0 fully saturated rings. The average molecular weight is 363 g/mol. The number of benzene rings is 1. The van der Waals surface area contributed by atoms with Gasteiger partial charge in [0.1, 0.15) is 17.5 Å². The number of hydrogen-bond acceptors (Lipinski definition) is 4. The van der Waals surface area contributed by atoms with Gasteiger partial charge in [0.15, 0.2) is 0 Å². The van der Waals surface area contributed by atoms with Crippen molar-refractivity contribution < 1.29 is 19.1 Å². The molecule has 26 heavy (non-hydrogen) atoms. The Balaban J connectivity index is 2.29. The summed E-state index contributed by atoms with van der Waals surface area (Å²) in [5, 5.41) is 0. The van der Waals surface area contributed by atoms with Gasteiger partial charge in [0.25, 0.3) is 0 Å². The molecular weight excluding hydrogens is 328 g/mol. The third kappa shape index (κ3) is 8.03. The van der Waals surface area contributed by atoms with Crippen molar-refractivity contribution >= 4 is 11.8 Å². The standard InChI is InChI=1S/C22H34O4/c1-16(2)26-21(24)20(17(3)23)10-8-7-9-15-25-19-13-11-18(12-14-19)22(4,5)6/h11-14,16,20H,7-10,15H2,1-6H3. The Morgan fingerprint density at radius 3 is 2.12 bits per heavy atom. The summed E-state index contributed by atoms with van der Waals surface area (Å²) in [6.45, 7) is 12.2. The molecule has 146 valence electrons. The number of unbranched alkanes of at least 4 members (excludes halogenated alkanes) is 2. The van der Waals surface area contributed by atoms with Crippen LogP contribution in [0.15, 0.2) is 24.3 Å². The third-order valence-corrected chi connectivity index (χ3v) is 4.25. The SMILES string of the molecule is CC(=O)C(CCCCCOc1ccc(C(C)(C)C)cc1)C(=O)OC(C)C. The van der Waals surface area contributed by atoms with E-state index in [1.165, 1.54) is 12.5 Å². The number of rotatable bonds is 10. The van der Waals surface area contributed by atoms with Crippen LogP contribution in [0.2, 0.25) is 0 Å². The van der Waals surface area contributed by atoms with Gasteiger partial charge in [-0.3, -0.25) is 9.59 Å². The lowest BCUT2D eigenvalue weighted by molar-refractivity contribution is -0.155. The van der Waals surface area contributed by atoms with E-state index in [1.54, 1.807) is 13.8 Å². The maximum atomic E-state index is 11.9. The first-order chi connectivity index (χ1) is 12.1. The first-order valence-electron chi connectivity index (χ1n) is 9.55. The molecule has 4 nitrogen and oxygen atoms in total. The highest BCUT2D eigenvalue weighted by Crippen LogP contribution is 2.24. The minimum absolute atomic E-state index is 0.120. The summed E-state index contributed by atoms with van der Waals surface area (Å²) in [5.41, 5.74) is 1.43. The number of ketones is 1. The Kier molecular flexibility index (Phi) is 8.83. The molecular formula is C22H34O4. The van der Waals surface area contributed by atoms with Crippen molar-refractivity contribution in [1.29, 1.82) is 0 Å². The van der Waals surface area contributed by atoms with Gasteiger partial charge in [0, 0.05) is 0 Å². The van der Waals surface area contributed by atoms with Gasteiger partial charge in [-0.2, -0.15) is 0 Å². The van der Waals surface area contributed by atoms with E-state index in [9.17, 15) is 9.59 Å². The van der Waals surface area contributed by atoms with Crippen LogP contribution in [0.4, 0.5) is 0 Å². The molecule has 0 saturated carbocycles. The summed E-state index contributed by atoms with van der Waals surface area (Å²) >= 11 is 0. The van der Waals surface area contributed by atoms with Gasteiger partial charge in [-0.25, -0.2) is 0 Å². The highest BCUT2D eigenvalue weighted by Gasteiger charge is 2.25. The van der Waals surface area contributed by atoms with Crippen LogP contribution in [0.25, 0.3) is 0 Å². The largest absolute Gasteiger partial charge is 0.494 e. The van der Waals surface area contributed by atoms with Gasteiger partial charge in [-0.05, 0) is 56.7 Å². The van der Waals surface area contributed by atoms with Crippen LogP contribution in [-0.4, -0.2) is 24.5 Å². The topological polar surface area (TPSA) is 52.6 Å². The third-order valence-electron chi connectivity index (χ3n) is 4.25. The van der Waals surface area contributed by atoms with Gasteiger partial charge in [-0.1, -0.05) is 45.7 Å². The van der Waals surface area contributed by atoms with E-state index in [2.05, 4.69) is 32.9 Å². The number of carbonyl (C=O) groups excluding carboxylic acids is 2. The molecule has 1 atom stereocenters. The van der Waals surface area contributed by atoms with Crippen LogP contribution in [0.1, 0.15) is 72.8 Å². The summed E-state index contributed by atoms with van der Waals surface area (Å²) in [6, 6.07) is 8.23. The fourth-order valence-corrected chi connectivity index (χ4v) is 2.67. The molecule has 0 aliphatic carbocycles. The van der Waals surface area contributed by atoms with Crippen molar-refractivity contribution in [3.05, 3.63) is 29.8 Å². The second kappa shape index (κ2) is 10.3. The van der Waals surface area contributed by atoms with E-state index in [4.69, 9.17) is 9.47 Å². The second-order valence-electron chi connectivity index (χ2n) is 8.12. The van der Waals surface area contributed by atoms with E-state index in [1.807, 2.05) is 12.1 Å². The molecule has 1 aromatic rings. The van der Waals surface area contributed by atoms with Crippen molar-refractivity contribution in [3.63, 3.8) is 0 Å². The zero-order chi connectivity index (χ0) is 19.7. The molecule has 0 N–H and O–H groups in total. The van der Waals surface area contributed by atoms with Crippen molar-refractivity contribution in [3.8, 4) is 5.75 Å². The average Bonchev–Trinajstić information content (AvgIpc) is 2.52. The van der Waals surface area contributed by atoms with E-state index < -0.39 is 11.9 Å². The molecule has 1 rings (SSSR count). The molecule has 0 aliphatic heterocycles. The summed E-state index contributed by atoms with van der Waals surface area (Å²) in [6.07, 6.45) is 2.97. The van der Waals surface area contributed by atoms with Crippen molar-refractivity contribution in [2.24, 2.45) is 5.92 Å². The minimum atomic E-state index is -0.636. The van der Waals surface area contributed by atoms with E-state index >= 15 is 0 Å². The molecule has 0 radical (unpaired) electrons. The van der Waals surface area contributed by atoms with Crippen LogP contribution in [0.3, 0.4) is 0 Å². The van der Waals surface area contributed by atoms with Gasteiger partial charge >= 0.3 is 5.97 Å². The number of esters is 1. The first-order valence-corrected chi connectivity index (χ1v) is 9.55. The molecule has 0 saturated heterocycles. The molecule has 0 spiro atoms. The quantitative estimate of drug-likeness (QED) is 0.331. The summed E-state index contributed by atoms with van der Waals surface area (Å²) in [5.74, 6) is -0.281. The maximum absolute atomic E-state index is 11.9. The number of ether oxygens (including phenoxy) is 2. The Hall–Kier alpha value is -1.84. The van der Waals surface area contributed by atoms with E-state index in [0.29, 0.717) is 13.0 Å². The number of carbonyl (C=O) groups is 2. The predicted molar refractivity (Wildman–Crippen MR) is 105 cm³/mol. The van der Waals surface area contributed by atoms with Crippen LogP contribution in [-0.2, 0) is 19.7 Å². The van der Waals surface area contributed by atoms with Gasteiger partial charge < -0.3 is 9.47 Å². The lowest BCUT2D eigenvalue weighted by Gasteiger charge is -2.19. The fourth-order valence-electron chi connectivity index (χ4n) is 2.67. The molecule has 4 heteroatoms. The van der Waals surface area contributed by atoms with Crippen molar-refractivity contribution in [2.75, 3.05) is 6.61 Å². The van der Waals surface area contributed by atoms with E-state index in [0.717, 1.165) is 25.0 Å². The smallest absolute Gasteiger partial charge is 0.316 e. The van der Waals surface area contributed by atoms with Gasteiger partial charge in [0.2, 0.25) is 0 Å². The molecule has 1 unspecified atom stereocenters. The fraction of sp³-hybridized carbons (Fsp3) is 0.636. The van der Waals surface area contributed by atoms with Crippen molar-refractivity contribution in [2.45, 2.75) is 78.7 Å². The van der Waals surface area contributed by atoms with Crippen molar-refractivity contribution in [1.82, 2.24) is 0 Å². The highest BCUT2D eigenvalue weighted by atomic mass is 16.5. The monoisotopic (exact) mass is 362 g/mol. The Labute approximate surface area is 158 Å². The number of Topliss-reactive ketones (excluding diaryl/α,β-unsaturated/α-hetero) is 1. The molecule has 0 heterocycles. The molecule has 0 aromatic heterocycles. The van der Waals surface area contributed by atoms with Gasteiger partial charge in [-0.15, -0.1) is 0 Å². The van der Waals surface area contributed by atoms with Crippen LogP contribution < -0.4 is 4.74 Å². The Morgan fingerprint density at radius 1 is 1.00 bits per heavy atom. The zero-order valence-corrected chi connectivity index (χ0v) is 17.1. The molecule has 0 amide bonds. The summed E-state index contributed by atoms with van der Waals surface area (Å²) in [7, 11) is 0. The maximum Gasteiger partial charge on any atom is 0.316 e. The summed E-state index contributed by atoms with van der Waals surface area (Å²) < 4.78 is 10.9. The predicted octanol–water partition coefficient (Wildman–Crippen LogP) is 5.08. The molecule has 0 aliphatic rings. The molecule has 0 bridgehead atoms. The summed E-state index contributed by atoms with van der Waals surface area (Å²) in [4.78, 5) is 23.6. The Morgan fingerprint density at radius 2 is 1.62 bits per heavy atom. The number of hydrogen-bond donors (Lipinski definition) is 0. The second-order valence-corrected chi connectivity index (χ2v) is 8.12. The highest BCUT2D eigenvalue weighted by molar-refractivity contribution is 5.97.